The molecule has 2 heterocycles. The second-order valence-corrected chi connectivity index (χ2v) is 4.12. The van der Waals surface area contributed by atoms with Gasteiger partial charge in [0.15, 0.2) is 0 Å². The first-order valence-electron chi connectivity index (χ1n) is 4.68. The molecule has 0 unspecified atom stereocenters. The van der Waals surface area contributed by atoms with Crippen molar-refractivity contribution in [2.45, 2.75) is 13.3 Å². The van der Waals surface area contributed by atoms with Crippen LogP contribution in [0.3, 0.4) is 0 Å². The SMILES string of the molecule is CNc1cc(Cc2nccs2)nc(C)n1. The third-order valence-corrected chi connectivity index (χ3v) is 2.74. The second-order valence-electron chi connectivity index (χ2n) is 3.14. The number of anilines is 1. The highest BCUT2D eigenvalue weighted by Crippen LogP contribution is 2.12. The van der Waals surface area contributed by atoms with Gasteiger partial charge in [0.2, 0.25) is 0 Å². The normalized spacial score (nSPS) is 10.3. The van der Waals surface area contributed by atoms with Crippen molar-refractivity contribution in [3.63, 3.8) is 0 Å². The molecule has 0 saturated heterocycles. The number of rotatable bonds is 3. The molecular formula is C10H12N4S. The molecule has 0 atom stereocenters. The molecule has 0 spiro atoms. The van der Waals surface area contributed by atoms with Gasteiger partial charge in [-0.3, -0.25) is 0 Å². The van der Waals surface area contributed by atoms with Gasteiger partial charge < -0.3 is 5.32 Å². The van der Waals surface area contributed by atoms with Crippen molar-refractivity contribution in [3.8, 4) is 0 Å². The molecule has 78 valence electrons. The second kappa shape index (κ2) is 4.35. The van der Waals surface area contributed by atoms with E-state index in [4.69, 9.17) is 0 Å². The molecule has 2 aromatic heterocycles. The predicted octanol–water partition coefficient (Wildman–Crippen LogP) is 1.87. The fourth-order valence-electron chi connectivity index (χ4n) is 1.34. The van der Waals surface area contributed by atoms with Crippen LogP contribution < -0.4 is 5.32 Å². The van der Waals surface area contributed by atoms with Crippen molar-refractivity contribution in [3.05, 3.63) is 34.2 Å². The molecule has 0 aliphatic carbocycles. The zero-order chi connectivity index (χ0) is 10.7. The van der Waals surface area contributed by atoms with Crippen molar-refractivity contribution in [1.29, 1.82) is 0 Å². The number of nitrogens with zero attached hydrogens (tertiary/aromatic N) is 3. The zero-order valence-corrected chi connectivity index (χ0v) is 9.51. The molecule has 1 N–H and O–H groups in total. The Bertz CT molecular complexity index is 439. The summed E-state index contributed by atoms with van der Waals surface area (Å²) in [6.45, 7) is 1.90. The molecule has 0 aliphatic heterocycles. The Morgan fingerprint density at radius 1 is 1.40 bits per heavy atom. The molecule has 0 amide bonds. The first-order valence-corrected chi connectivity index (χ1v) is 5.56. The van der Waals surface area contributed by atoms with Gasteiger partial charge in [0.25, 0.3) is 0 Å². The average Bonchev–Trinajstić information content (AvgIpc) is 2.69. The smallest absolute Gasteiger partial charge is 0.129 e. The molecular weight excluding hydrogens is 208 g/mol. The van der Waals surface area contributed by atoms with Gasteiger partial charge in [0.1, 0.15) is 11.6 Å². The van der Waals surface area contributed by atoms with Crippen LogP contribution in [0, 0.1) is 6.92 Å². The number of thiazole rings is 1. The van der Waals surface area contributed by atoms with Gasteiger partial charge in [-0.1, -0.05) is 0 Å². The molecule has 0 saturated carbocycles. The van der Waals surface area contributed by atoms with E-state index in [-0.39, 0.29) is 0 Å². The summed E-state index contributed by atoms with van der Waals surface area (Å²) in [5, 5.41) is 6.07. The summed E-state index contributed by atoms with van der Waals surface area (Å²) in [5.74, 6) is 1.64. The Morgan fingerprint density at radius 3 is 2.93 bits per heavy atom. The Balaban J connectivity index is 2.24. The van der Waals surface area contributed by atoms with Crippen LogP contribution in [-0.2, 0) is 6.42 Å². The number of hydrogen-bond donors (Lipinski definition) is 1. The van der Waals surface area contributed by atoms with Crippen molar-refractivity contribution in [2.75, 3.05) is 12.4 Å². The Kier molecular flexibility index (Phi) is 2.91. The third kappa shape index (κ3) is 2.50. The first-order chi connectivity index (χ1) is 7.28. The summed E-state index contributed by atoms with van der Waals surface area (Å²) in [7, 11) is 1.86. The van der Waals surface area contributed by atoms with Gasteiger partial charge in [-0.2, -0.15) is 0 Å². The van der Waals surface area contributed by atoms with E-state index in [1.807, 2.05) is 31.6 Å². The van der Waals surface area contributed by atoms with Gasteiger partial charge >= 0.3 is 0 Å². The minimum Gasteiger partial charge on any atom is -0.373 e. The highest BCUT2D eigenvalue weighted by atomic mass is 32.1. The lowest BCUT2D eigenvalue weighted by molar-refractivity contribution is 0.963. The van der Waals surface area contributed by atoms with Crippen LogP contribution in [-0.4, -0.2) is 22.0 Å². The minimum absolute atomic E-state index is 0.774. The van der Waals surface area contributed by atoms with E-state index in [1.165, 1.54) is 0 Å². The van der Waals surface area contributed by atoms with Crippen LogP contribution in [0.2, 0.25) is 0 Å². The summed E-state index contributed by atoms with van der Waals surface area (Å²) in [6, 6.07) is 1.95. The molecule has 5 heteroatoms. The van der Waals surface area contributed by atoms with Crippen LogP contribution in [0.1, 0.15) is 16.5 Å². The van der Waals surface area contributed by atoms with Crippen molar-refractivity contribution < 1.29 is 0 Å². The summed E-state index contributed by atoms with van der Waals surface area (Å²) in [4.78, 5) is 12.8. The predicted molar refractivity (Wildman–Crippen MR) is 61.2 cm³/mol. The van der Waals surface area contributed by atoms with Crippen molar-refractivity contribution in [2.24, 2.45) is 0 Å². The molecule has 0 bridgehead atoms. The van der Waals surface area contributed by atoms with E-state index in [1.54, 1.807) is 11.3 Å². The molecule has 0 aliphatic rings. The van der Waals surface area contributed by atoms with Crippen LogP contribution in [0.4, 0.5) is 5.82 Å². The third-order valence-electron chi connectivity index (χ3n) is 1.96. The first kappa shape index (κ1) is 10.0. The van der Waals surface area contributed by atoms with E-state index in [9.17, 15) is 0 Å². The maximum absolute atomic E-state index is 4.37. The van der Waals surface area contributed by atoms with Crippen LogP contribution >= 0.6 is 11.3 Å². The maximum atomic E-state index is 4.37. The van der Waals surface area contributed by atoms with E-state index >= 15 is 0 Å². The number of nitrogens with one attached hydrogen (secondary N) is 1. The van der Waals surface area contributed by atoms with Gasteiger partial charge in [0, 0.05) is 31.1 Å². The van der Waals surface area contributed by atoms with Gasteiger partial charge in [-0.25, -0.2) is 15.0 Å². The van der Waals surface area contributed by atoms with E-state index in [0.717, 1.165) is 28.8 Å². The van der Waals surface area contributed by atoms with Crippen molar-refractivity contribution in [1.82, 2.24) is 15.0 Å². The fourth-order valence-corrected chi connectivity index (χ4v) is 1.98. The monoisotopic (exact) mass is 220 g/mol. The Hall–Kier alpha value is -1.49. The molecule has 2 rings (SSSR count). The lowest BCUT2D eigenvalue weighted by Crippen LogP contribution is -2.01. The topological polar surface area (TPSA) is 50.7 Å². The molecule has 0 aromatic carbocycles. The minimum atomic E-state index is 0.774. The summed E-state index contributed by atoms with van der Waals surface area (Å²) in [6.07, 6.45) is 2.59. The number of aromatic nitrogens is 3. The zero-order valence-electron chi connectivity index (χ0n) is 8.69. The molecule has 2 aromatic rings. The lowest BCUT2D eigenvalue weighted by atomic mass is 10.3. The summed E-state index contributed by atoms with van der Waals surface area (Å²) < 4.78 is 0. The van der Waals surface area contributed by atoms with Gasteiger partial charge in [-0.15, -0.1) is 11.3 Å². The molecule has 15 heavy (non-hydrogen) atoms. The molecule has 0 radical (unpaired) electrons. The van der Waals surface area contributed by atoms with Gasteiger partial charge in [0.05, 0.1) is 10.7 Å². The van der Waals surface area contributed by atoms with E-state index in [2.05, 4.69) is 20.3 Å². The highest BCUT2D eigenvalue weighted by molar-refractivity contribution is 7.09. The fraction of sp³-hybridized carbons (Fsp3) is 0.300. The van der Waals surface area contributed by atoms with Gasteiger partial charge in [-0.05, 0) is 6.92 Å². The van der Waals surface area contributed by atoms with Crippen LogP contribution in [0.5, 0.6) is 0 Å². The van der Waals surface area contributed by atoms with Crippen LogP contribution in [0.25, 0.3) is 0 Å². The molecule has 0 fully saturated rings. The number of aryl methyl sites for hydroxylation is 1. The maximum Gasteiger partial charge on any atom is 0.129 e. The highest BCUT2D eigenvalue weighted by Gasteiger charge is 2.03. The standard InChI is InChI=1S/C10H12N4S/c1-7-13-8(5-9(11-2)14-7)6-10-12-3-4-15-10/h3-5H,6H2,1-2H3,(H,11,13,14). The molecule has 4 nitrogen and oxygen atoms in total. The average molecular weight is 220 g/mol. The summed E-state index contributed by atoms with van der Waals surface area (Å²) >= 11 is 1.65. The van der Waals surface area contributed by atoms with Crippen LogP contribution in [0.15, 0.2) is 17.6 Å². The largest absolute Gasteiger partial charge is 0.373 e. The van der Waals surface area contributed by atoms with Crippen molar-refractivity contribution >= 4 is 17.2 Å². The number of hydrogen-bond acceptors (Lipinski definition) is 5. The Morgan fingerprint density at radius 2 is 2.27 bits per heavy atom. The summed E-state index contributed by atoms with van der Waals surface area (Å²) in [5.41, 5.74) is 1.00. The quantitative estimate of drug-likeness (QED) is 0.858. The Labute approximate surface area is 92.4 Å². The van der Waals surface area contributed by atoms with E-state index < -0.39 is 0 Å². The lowest BCUT2D eigenvalue weighted by Gasteiger charge is -2.03. The van der Waals surface area contributed by atoms with E-state index in [0.29, 0.717) is 0 Å².